The van der Waals surface area contributed by atoms with Gasteiger partial charge in [-0.1, -0.05) is 42.5 Å². The van der Waals surface area contributed by atoms with Crippen molar-refractivity contribution in [3.63, 3.8) is 0 Å². The minimum absolute atomic E-state index is 0.122. The smallest absolute Gasteiger partial charge is 0.312 e. The van der Waals surface area contributed by atoms with Crippen molar-refractivity contribution in [3.05, 3.63) is 67.8 Å². The fourth-order valence-corrected chi connectivity index (χ4v) is 6.79. The molecule has 2 aromatic carbocycles. The molecule has 8 nitrogen and oxygen atoms in total. The summed E-state index contributed by atoms with van der Waals surface area (Å²) in [6.07, 6.45) is 6.86. The molecule has 0 aliphatic carbocycles. The zero-order valence-corrected chi connectivity index (χ0v) is 22.9. The molecule has 2 amide bonds. The van der Waals surface area contributed by atoms with Crippen LogP contribution in [0.25, 0.3) is 10.8 Å². The third-order valence-electron chi connectivity index (χ3n) is 8.53. The van der Waals surface area contributed by atoms with Crippen molar-refractivity contribution >= 4 is 34.2 Å². The van der Waals surface area contributed by atoms with Gasteiger partial charge in [-0.2, -0.15) is 0 Å². The van der Waals surface area contributed by atoms with E-state index in [4.69, 9.17) is 9.47 Å². The molecule has 0 saturated carbocycles. The number of allylic oxidation sites excluding steroid dienone is 1. The normalized spacial score (nSPS) is 26.6. The van der Waals surface area contributed by atoms with Crippen LogP contribution in [-0.4, -0.2) is 71.8 Å². The lowest BCUT2D eigenvalue weighted by Crippen LogP contribution is -2.56. The van der Waals surface area contributed by atoms with E-state index in [9.17, 15) is 19.5 Å². The van der Waals surface area contributed by atoms with Gasteiger partial charge >= 0.3 is 5.97 Å². The van der Waals surface area contributed by atoms with Gasteiger partial charge in [0, 0.05) is 25.4 Å². The lowest BCUT2D eigenvalue weighted by atomic mass is 9.70. The van der Waals surface area contributed by atoms with Gasteiger partial charge in [-0.05, 0) is 61.4 Å². The van der Waals surface area contributed by atoms with Crippen LogP contribution >= 0.6 is 0 Å². The molecule has 3 aliphatic rings. The fraction of sp³-hybridized carbons (Fsp3) is 0.469. The first-order chi connectivity index (χ1) is 19.5. The molecule has 2 bridgehead atoms. The summed E-state index contributed by atoms with van der Waals surface area (Å²) in [4.78, 5) is 44.9. The molecule has 5 atom stereocenters. The van der Waals surface area contributed by atoms with E-state index in [1.165, 1.54) is 4.90 Å². The minimum Gasteiger partial charge on any atom is -0.465 e. The van der Waals surface area contributed by atoms with Crippen molar-refractivity contribution in [1.82, 2.24) is 4.90 Å². The van der Waals surface area contributed by atoms with E-state index in [0.29, 0.717) is 31.4 Å². The van der Waals surface area contributed by atoms with Gasteiger partial charge < -0.3 is 24.4 Å². The second kappa shape index (κ2) is 11.9. The van der Waals surface area contributed by atoms with Crippen molar-refractivity contribution in [1.29, 1.82) is 0 Å². The molecule has 5 rings (SSSR count). The highest BCUT2D eigenvalue weighted by Crippen LogP contribution is 2.59. The SMILES string of the molecule is C=CCCCCOC(=O)[C@@H]1[C@@H]2CCC3(O2)C(C(=O)N(CC=C)c2ccc4ccccc4c2)N(CCCO)C(=O)[C@H]13. The third kappa shape index (κ3) is 4.84. The number of carbonyl (C=O) groups excluding carboxylic acids is 3. The highest BCUT2D eigenvalue weighted by molar-refractivity contribution is 6.05. The van der Waals surface area contributed by atoms with Gasteiger partial charge in [-0.3, -0.25) is 14.4 Å². The van der Waals surface area contributed by atoms with Gasteiger partial charge in [0.2, 0.25) is 5.91 Å². The standard InChI is InChI=1S/C32H38N2O6/c1-3-5-6-9-20-39-31(38)26-25-15-16-32(40-25)27(26)29(36)34(18-10-19-35)28(32)30(37)33(17-4-2)24-14-13-22-11-7-8-12-23(22)21-24/h3-4,7-8,11-14,21,25-28,35H,1-2,5-6,9-10,15-20H2/t25-,26+,27-,28?,32?/m0/s1. The number of ether oxygens (including phenoxy) is 2. The Morgan fingerprint density at radius 3 is 2.67 bits per heavy atom. The maximum Gasteiger partial charge on any atom is 0.312 e. The molecule has 2 aromatic rings. The monoisotopic (exact) mass is 546 g/mol. The number of esters is 1. The fourth-order valence-electron chi connectivity index (χ4n) is 6.79. The van der Waals surface area contributed by atoms with Crippen LogP contribution in [0.2, 0.25) is 0 Å². The highest BCUT2D eigenvalue weighted by Gasteiger charge is 2.75. The van der Waals surface area contributed by atoms with Crippen LogP contribution in [0.15, 0.2) is 67.8 Å². The maximum atomic E-state index is 14.5. The third-order valence-corrected chi connectivity index (χ3v) is 8.53. The van der Waals surface area contributed by atoms with Gasteiger partial charge in [-0.25, -0.2) is 0 Å². The second-order valence-electron chi connectivity index (χ2n) is 10.9. The van der Waals surface area contributed by atoms with Crippen LogP contribution in [-0.2, 0) is 23.9 Å². The summed E-state index contributed by atoms with van der Waals surface area (Å²) >= 11 is 0. The van der Waals surface area contributed by atoms with Crippen LogP contribution in [0, 0.1) is 11.8 Å². The average Bonchev–Trinajstić information content (AvgIpc) is 3.61. The van der Waals surface area contributed by atoms with Crippen LogP contribution in [0.3, 0.4) is 0 Å². The van der Waals surface area contributed by atoms with Crippen LogP contribution in [0.1, 0.15) is 38.5 Å². The molecule has 3 aliphatic heterocycles. The van der Waals surface area contributed by atoms with Crippen molar-refractivity contribution in [2.24, 2.45) is 11.8 Å². The molecule has 212 valence electrons. The summed E-state index contributed by atoms with van der Waals surface area (Å²) in [5.74, 6) is -2.52. The van der Waals surface area contributed by atoms with Gasteiger partial charge in [0.1, 0.15) is 11.6 Å². The Labute approximate surface area is 235 Å². The lowest BCUT2D eigenvalue weighted by molar-refractivity contribution is -0.155. The Morgan fingerprint density at radius 1 is 1.12 bits per heavy atom. The zero-order chi connectivity index (χ0) is 28.3. The molecular formula is C32H38N2O6. The van der Waals surface area contributed by atoms with Crippen LogP contribution < -0.4 is 4.90 Å². The number of likely N-dealkylation sites (tertiary alicyclic amines) is 1. The molecule has 0 radical (unpaired) electrons. The number of hydrogen-bond acceptors (Lipinski definition) is 6. The van der Waals surface area contributed by atoms with E-state index in [2.05, 4.69) is 13.2 Å². The van der Waals surface area contributed by atoms with Crippen LogP contribution in [0.4, 0.5) is 5.69 Å². The van der Waals surface area contributed by atoms with Gasteiger partial charge in [-0.15, -0.1) is 13.2 Å². The Bertz CT molecular complexity index is 1290. The first kappa shape index (κ1) is 28.1. The first-order valence-corrected chi connectivity index (χ1v) is 14.2. The van der Waals surface area contributed by atoms with Crippen molar-refractivity contribution < 1.29 is 29.0 Å². The lowest BCUT2D eigenvalue weighted by Gasteiger charge is -2.36. The summed E-state index contributed by atoms with van der Waals surface area (Å²) < 4.78 is 12.1. The van der Waals surface area contributed by atoms with Crippen LogP contribution in [0.5, 0.6) is 0 Å². The van der Waals surface area contributed by atoms with E-state index in [0.717, 1.165) is 23.6 Å². The molecule has 2 unspecified atom stereocenters. The largest absolute Gasteiger partial charge is 0.465 e. The van der Waals surface area contributed by atoms with E-state index < -0.39 is 35.6 Å². The average molecular weight is 547 g/mol. The topological polar surface area (TPSA) is 96.4 Å². The highest BCUT2D eigenvalue weighted by atomic mass is 16.6. The quantitative estimate of drug-likeness (QED) is 0.232. The predicted molar refractivity (Wildman–Crippen MR) is 153 cm³/mol. The number of fused-ring (bicyclic) bond motifs is 2. The molecule has 40 heavy (non-hydrogen) atoms. The van der Waals surface area contributed by atoms with Crippen molar-refractivity contribution in [2.45, 2.75) is 56.3 Å². The maximum absolute atomic E-state index is 14.5. The van der Waals surface area contributed by atoms with Gasteiger partial charge in [0.25, 0.3) is 5.91 Å². The number of unbranched alkanes of at least 4 members (excludes halogenated alkanes) is 2. The number of amides is 2. The predicted octanol–water partition coefficient (Wildman–Crippen LogP) is 4.02. The number of rotatable bonds is 13. The van der Waals surface area contributed by atoms with E-state index in [1.807, 2.05) is 48.5 Å². The van der Waals surface area contributed by atoms with E-state index >= 15 is 0 Å². The summed E-state index contributed by atoms with van der Waals surface area (Å²) in [5.41, 5.74) is -0.419. The summed E-state index contributed by atoms with van der Waals surface area (Å²) in [5, 5.41) is 11.6. The van der Waals surface area contributed by atoms with Gasteiger partial charge in [0.05, 0.1) is 24.5 Å². The Morgan fingerprint density at radius 2 is 1.93 bits per heavy atom. The molecule has 3 saturated heterocycles. The Kier molecular flexibility index (Phi) is 8.38. The Hall–Kier alpha value is -3.49. The number of aliphatic hydroxyl groups is 1. The van der Waals surface area contributed by atoms with Crippen molar-refractivity contribution in [2.75, 3.05) is 31.2 Å². The molecule has 1 spiro atoms. The second-order valence-corrected chi connectivity index (χ2v) is 10.9. The van der Waals surface area contributed by atoms with E-state index in [1.54, 1.807) is 11.0 Å². The molecule has 0 aromatic heterocycles. The summed E-state index contributed by atoms with van der Waals surface area (Å²) in [6, 6.07) is 12.8. The first-order valence-electron chi connectivity index (χ1n) is 14.2. The Balaban J connectivity index is 1.46. The minimum atomic E-state index is -1.11. The molecular weight excluding hydrogens is 508 g/mol. The van der Waals surface area contributed by atoms with Gasteiger partial charge in [0.15, 0.2) is 0 Å². The van der Waals surface area contributed by atoms with Crippen molar-refractivity contribution in [3.8, 4) is 0 Å². The van der Waals surface area contributed by atoms with E-state index in [-0.39, 0.29) is 38.1 Å². The zero-order valence-electron chi connectivity index (χ0n) is 22.9. The molecule has 3 fully saturated rings. The molecule has 3 heterocycles. The summed E-state index contributed by atoms with van der Waals surface area (Å²) in [7, 11) is 0. The number of hydrogen-bond donors (Lipinski definition) is 1. The number of nitrogens with zero attached hydrogens (tertiary/aromatic N) is 2. The molecule has 1 N–H and O–H groups in total. The summed E-state index contributed by atoms with van der Waals surface area (Å²) in [6.45, 7) is 8.18. The number of carbonyl (C=O) groups is 3. The number of benzene rings is 2. The number of aliphatic hydroxyl groups excluding tert-OH is 1. The molecule has 8 heteroatoms. The number of anilines is 1.